The van der Waals surface area contributed by atoms with Gasteiger partial charge in [-0.2, -0.15) is 0 Å². The van der Waals surface area contributed by atoms with Gasteiger partial charge in [0.2, 0.25) is 0 Å². The largest absolute Gasteiger partial charge is 0.332 e. The highest BCUT2D eigenvalue weighted by atomic mass is 16.2. The van der Waals surface area contributed by atoms with Crippen LogP contribution in [0.2, 0.25) is 0 Å². The van der Waals surface area contributed by atoms with Crippen LogP contribution in [0.1, 0.15) is 28.8 Å². The highest BCUT2D eigenvalue weighted by Gasteiger charge is 2.32. The summed E-state index contributed by atoms with van der Waals surface area (Å²) in [4.78, 5) is 56.3. The Morgan fingerprint density at radius 1 is 0.900 bits per heavy atom. The number of aryl methyl sites for hydroxylation is 1. The van der Waals surface area contributed by atoms with Crippen LogP contribution in [0.15, 0.2) is 64.2 Å². The Hall–Kier alpha value is -3.87. The number of rotatable bonds is 4. The number of para-hydroxylation sites is 1. The first kappa shape index (κ1) is 19.4. The summed E-state index contributed by atoms with van der Waals surface area (Å²) >= 11 is 0. The quantitative estimate of drug-likeness (QED) is 0.297. The number of benzene rings is 2. The summed E-state index contributed by atoms with van der Waals surface area (Å²) in [5.41, 5.74) is 0.171. The van der Waals surface area contributed by atoms with Crippen molar-refractivity contribution in [1.29, 1.82) is 0 Å². The molecule has 0 N–H and O–H groups in total. The maximum Gasteiger partial charge on any atom is 0.332 e. The minimum absolute atomic E-state index is 0.0998. The van der Waals surface area contributed by atoms with Crippen molar-refractivity contribution in [2.45, 2.75) is 12.8 Å². The first-order chi connectivity index (χ1) is 14.3. The fourth-order valence-corrected chi connectivity index (χ4v) is 3.84. The Bertz CT molecular complexity index is 1450. The van der Waals surface area contributed by atoms with Crippen molar-refractivity contribution in [2.24, 2.45) is 14.1 Å². The Morgan fingerprint density at radius 3 is 2.20 bits per heavy atom. The number of aromatic nitrogens is 3. The van der Waals surface area contributed by atoms with Crippen molar-refractivity contribution in [3.8, 4) is 0 Å². The molecule has 1 atom stereocenters. The van der Waals surface area contributed by atoms with Gasteiger partial charge in [0.15, 0.2) is 5.78 Å². The summed E-state index contributed by atoms with van der Waals surface area (Å²) in [6, 6.07) is 15.5. The molecule has 7 heteroatoms. The molecule has 0 saturated heterocycles. The second-order valence-electron chi connectivity index (χ2n) is 7.22. The van der Waals surface area contributed by atoms with E-state index in [0.717, 1.165) is 4.57 Å². The van der Waals surface area contributed by atoms with E-state index in [4.69, 9.17) is 0 Å². The third-order valence-corrected chi connectivity index (χ3v) is 5.34. The maximum atomic E-state index is 13.4. The van der Waals surface area contributed by atoms with E-state index in [0.29, 0.717) is 16.5 Å². The van der Waals surface area contributed by atoms with E-state index in [9.17, 15) is 19.2 Å². The van der Waals surface area contributed by atoms with Crippen LogP contribution in [0.3, 0.4) is 0 Å². The first-order valence-corrected chi connectivity index (χ1v) is 9.41. The summed E-state index contributed by atoms with van der Waals surface area (Å²) in [6.07, 6.45) is 0. The summed E-state index contributed by atoms with van der Waals surface area (Å²) < 4.78 is 2.23. The molecule has 2 aromatic carbocycles. The molecule has 2 aromatic heterocycles. The maximum absolute atomic E-state index is 13.4. The van der Waals surface area contributed by atoms with Crippen LogP contribution in [-0.4, -0.2) is 25.7 Å². The van der Waals surface area contributed by atoms with E-state index < -0.39 is 28.7 Å². The molecule has 150 valence electrons. The number of pyridine rings is 1. The van der Waals surface area contributed by atoms with E-state index in [1.165, 1.54) is 25.6 Å². The number of nitrogens with zero attached hydrogens (tertiary/aromatic N) is 3. The number of Topliss-reactive ketones (excluding diaryl/α,β-unsaturated/α-hetero) is 2. The molecule has 0 aliphatic carbocycles. The summed E-state index contributed by atoms with van der Waals surface area (Å²) in [5, 5.41) is 0.632. The van der Waals surface area contributed by atoms with Gasteiger partial charge in [-0.1, -0.05) is 48.5 Å². The zero-order valence-corrected chi connectivity index (χ0v) is 16.7. The molecule has 7 nitrogen and oxygen atoms in total. The molecular weight excluding hydrogens is 382 g/mol. The lowest BCUT2D eigenvalue weighted by atomic mass is 9.84. The molecule has 0 aliphatic rings. The van der Waals surface area contributed by atoms with Gasteiger partial charge in [-0.25, -0.2) is 9.78 Å². The summed E-state index contributed by atoms with van der Waals surface area (Å²) in [7, 11) is 2.88. The number of hydrogen-bond acceptors (Lipinski definition) is 5. The predicted molar refractivity (Wildman–Crippen MR) is 114 cm³/mol. The van der Waals surface area contributed by atoms with Crippen LogP contribution >= 0.6 is 0 Å². The topological polar surface area (TPSA) is 91.0 Å². The molecule has 0 amide bonds. The van der Waals surface area contributed by atoms with Crippen molar-refractivity contribution in [3.63, 3.8) is 0 Å². The van der Waals surface area contributed by atoms with Gasteiger partial charge in [-0.3, -0.25) is 23.5 Å². The van der Waals surface area contributed by atoms with Crippen molar-refractivity contribution >= 4 is 33.5 Å². The molecular formula is C23H19N3O4. The Labute approximate surface area is 171 Å². The third kappa shape index (κ3) is 2.86. The molecule has 0 fully saturated rings. The number of fused-ring (bicyclic) bond motifs is 2. The van der Waals surface area contributed by atoms with Crippen molar-refractivity contribution in [1.82, 2.24) is 14.1 Å². The standard InChI is InChI=1S/C23H19N3O4/c1-13(27)17(20(28)14-9-5-4-6-10-14)18-15-11-7-8-12-16(15)24-21-19(18)22(29)26(3)23(30)25(21)2/h4-12,17H,1-3H3. The van der Waals surface area contributed by atoms with Crippen LogP contribution in [0, 0.1) is 0 Å². The van der Waals surface area contributed by atoms with Crippen molar-refractivity contribution in [2.75, 3.05) is 0 Å². The molecule has 0 spiro atoms. The van der Waals surface area contributed by atoms with Crippen molar-refractivity contribution in [3.05, 3.63) is 86.6 Å². The van der Waals surface area contributed by atoms with E-state index in [1.54, 1.807) is 54.6 Å². The number of carbonyl (C=O) groups is 2. The number of hydrogen-bond donors (Lipinski definition) is 0. The fourth-order valence-electron chi connectivity index (χ4n) is 3.84. The molecule has 0 saturated carbocycles. The smallest absolute Gasteiger partial charge is 0.299 e. The zero-order chi connectivity index (χ0) is 21.6. The lowest BCUT2D eigenvalue weighted by molar-refractivity contribution is -0.117. The lowest BCUT2D eigenvalue weighted by Crippen LogP contribution is -2.38. The Kier molecular flexibility index (Phi) is 4.66. The second-order valence-corrected chi connectivity index (χ2v) is 7.22. The lowest BCUT2D eigenvalue weighted by Gasteiger charge is -2.19. The predicted octanol–water partition coefficient (Wildman–Crippen LogP) is 2.34. The second kappa shape index (κ2) is 7.18. The molecule has 4 aromatic rings. The van der Waals surface area contributed by atoms with Gasteiger partial charge in [0.1, 0.15) is 17.3 Å². The van der Waals surface area contributed by atoms with Gasteiger partial charge in [0.05, 0.1) is 10.9 Å². The highest BCUT2D eigenvalue weighted by Crippen LogP contribution is 2.32. The molecule has 0 radical (unpaired) electrons. The average molecular weight is 401 g/mol. The first-order valence-electron chi connectivity index (χ1n) is 9.41. The SMILES string of the molecule is CC(=O)C(C(=O)c1ccccc1)c1c2ccccc2nc2c1c(=O)n(C)c(=O)n2C. The summed E-state index contributed by atoms with van der Waals surface area (Å²) in [6.45, 7) is 1.33. The van der Waals surface area contributed by atoms with Crippen molar-refractivity contribution < 1.29 is 9.59 Å². The monoisotopic (exact) mass is 401 g/mol. The van der Waals surface area contributed by atoms with Gasteiger partial charge in [0.25, 0.3) is 5.56 Å². The molecule has 0 bridgehead atoms. The highest BCUT2D eigenvalue weighted by molar-refractivity contribution is 6.18. The van der Waals surface area contributed by atoms with E-state index in [2.05, 4.69) is 4.98 Å². The van der Waals surface area contributed by atoms with Crippen LogP contribution in [0.25, 0.3) is 21.9 Å². The average Bonchev–Trinajstić information content (AvgIpc) is 2.76. The number of ketones is 2. The Morgan fingerprint density at radius 2 is 1.53 bits per heavy atom. The van der Waals surface area contributed by atoms with Gasteiger partial charge in [-0.05, 0) is 18.6 Å². The van der Waals surface area contributed by atoms with Crippen LogP contribution < -0.4 is 11.2 Å². The molecule has 2 heterocycles. The minimum atomic E-state index is -1.20. The van der Waals surface area contributed by atoms with Gasteiger partial charge >= 0.3 is 5.69 Å². The number of carbonyl (C=O) groups excluding carboxylic acids is 2. The van der Waals surface area contributed by atoms with Gasteiger partial charge < -0.3 is 0 Å². The normalized spacial score (nSPS) is 12.2. The fraction of sp³-hybridized carbons (Fsp3) is 0.174. The molecule has 30 heavy (non-hydrogen) atoms. The molecule has 1 unspecified atom stereocenters. The van der Waals surface area contributed by atoms with Crippen LogP contribution in [-0.2, 0) is 18.9 Å². The summed E-state index contributed by atoms with van der Waals surface area (Å²) in [5.74, 6) is -2.00. The van der Waals surface area contributed by atoms with Crippen LogP contribution in [0.5, 0.6) is 0 Å². The third-order valence-electron chi connectivity index (χ3n) is 5.34. The molecule has 4 rings (SSSR count). The zero-order valence-electron chi connectivity index (χ0n) is 16.7. The van der Waals surface area contributed by atoms with E-state index in [-0.39, 0.29) is 16.6 Å². The van der Waals surface area contributed by atoms with Gasteiger partial charge in [0, 0.05) is 25.0 Å². The van der Waals surface area contributed by atoms with Crippen LogP contribution in [0.4, 0.5) is 0 Å². The van der Waals surface area contributed by atoms with E-state index >= 15 is 0 Å². The van der Waals surface area contributed by atoms with Gasteiger partial charge in [-0.15, -0.1) is 0 Å². The minimum Gasteiger partial charge on any atom is -0.299 e. The van der Waals surface area contributed by atoms with E-state index in [1.807, 2.05) is 0 Å². The Balaban J connectivity index is 2.22. The molecule has 0 aliphatic heterocycles.